The maximum atomic E-state index is 5.68. The van der Waals surface area contributed by atoms with Gasteiger partial charge in [0, 0.05) is 0 Å². The van der Waals surface area contributed by atoms with E-state index in [1.54, 1.807) is 12.1 Å². The summed E-state index contributed by atoms with van der Waals surface area (Å²) in [5, 5.41) is 3.98. The van der Waals surface area contributed by atoms with Gasteiger partial charge in [0.15, 0.2) is 11.6 Å². The van der Waals surface area contributed by atoms with Crippen LogP contribution in [0.15, 0.2) is 24.5 Å². The second-order valence-corrected chi connectivity index (χ2v) is 2.85. The van der Waals surface area contributed by atoms with Gasteiger partial charge in [-0.25, -0.2) is 4.98 Å². The minimum atomic E-state index is 0.377. The Hall–Kier alpha value is -2.24. The highest BCUT2D eigenvalue weighted by Crippen LogP contribution is 2.17. The molecule has 6 N–H and O–H groups in total. The highest BCUT2D eigenvalue weighted by molar-refractivity contribution is 5.60. The number of aromatic nitrogens is 3. The number of rotatable bonds is 1. The van der Waals surface area contributed by atoms with Crippen LogP contribution in [0.2, 0.25) is 0 Å². The molecule has 6 heteroatoms. The summed E-state index contributed by atoms with van der Waals surface area (Å²) in [5.41, 5.74) is 17.7. The lowest BCUT2D eigenvalue weighted by atomic mass is 10.4. The standard InChI is InChI=1S/C8H10N6/c9-5-1-2-7(12-3-5)14-8(11)6(10)4-13-14/h1-4H,9-11H2. The second kappa shape index (κ2) is 2.91. The molecule has 0 unspecified atom stereocenters. The largest absolute Gasteiger partial charge is 0.397 e. The molecule has 0 bridgehead atoms. The average Bonchev–Trinajstić information content (AvgIpc) is 2.50. The molecule has 0 radical (unpaired) electrons. The van der Waals surface area contributed by atoms with Crippen LogP contribution in [-0.2, 0) is 0 Å². The summed E-state index contributed by atoms with van der Waals surface area (Å²) < 4.78 is 1.45. The minimum Gasteiger partial charge on any atom is -0.397 e. The Morgan fingerprint density at radius 2 is 1.86 bits per heavy atom. The maximum absolute atomic E-state index is 5.68. The number of hydrogen-bond acceptors (Lipinski definition) is 5. The number of hydrogen-bond donors (Lipinski definition) is 3. The minimum absolute atomic E-state index is 0.377. The van der Waals surface area contributed by atoms with E-state index in [-0.39, 0.29) is 0 Å². The molecule has 2 aromatic rings. The molecule has 2 rings (SSSR count). The van der Waals surface area contributed by atoms with E-state index in [0.717, 1.165) is 0 Å². The SMILES string of the molecule is Nc1ccc(-n2ncc(N)c2N)nc1. The lowest BCUT2D eigenvalue weighted by Gasteiger charge is -2.02. The highest BCUT2D eigenvalue weighted by atomic mass is 15.3. The first kappa shape index (κ1) is 8.36. The third-order valence-corrected chi connectivity index (χ3v) is 1.82. The van der Waals surface area contributed by atoms with Crippen molar-refractivity contribution in [1.82, 2.24) is 14.8 Å². The molecule has 0 saturated heterocycles. The summed E-state index contributed by atoms with van der Waals surface area (Å²) in [4.78, 5) is 4.06. The Morgan fingerprint density at radius 1 is 1.07 bits per heavy atom. The molecule has 0 fully saturated rings. The lowest BCUT2D eigenvalue weighted by molar-refractivity contribution is 0.858. The first-order valence-electron chi connectivity index (χ1n) is 3.99. The summed E-state index contributed by atoms with van der Waals surface area (Å²) in [7, 11) is 0. The number of pyridine rings is 1. The molecule has 14 heavy (non-hydrogen) atoms. The zero-order chi connectivity index (χ0) is 10.1. The van der Waals surface area contributed by atoms with Gasteiger partial charge < -0.3 is 17.2 Å². The number of nitrogen functional groups attached to an aromatic ring is 3. The lowest BCUT2D eigenvalue weighted by Crippen LogP contribution is -2.05. The molecule has 0 saturated carbocycles. The molecule has 0 amide bonds. The summed E-state index contributed by atoms with van der Waals surface area (Å²) >= 11 is 0. The van der Waals surface area contributed by atoms with Crippen molar-refractivity contribution in [3.8, 4) is 5.82 Å². The van der Waals surface area contributed by atoms with Gasteiger partial charge in [0.25, 0.3) is 0 Å². The summed E-state index contributed by atoms with van der Waals surface area (Å²) in [5.74, 6) is 0.968. The summed E-state index contributed by atoms with van der Waals surface area (Å²) in [6.07, 6.45) is 3.01. The van der Waals surface area contributed by atoms with Crippen molar-refractivity contribution >= 4 is 17.2 Å². The Balaban J connectivity index is 2.49. The molecule has 6 nitrogen and oxygen atoms in total. The van der Waals surface area contributed by atoms with Gasteiger partial charge in [-0.1, -0.05) is 0 Å². The Bertz CT molecular complexity index is 443. The zero-order valence-electron chi connectivity index (χ0n) is 7.38. The molecule has 2 heterocycles. The predicted octanol–water partition coefficient (Wildman–Crippen LogP) is 0.0139. The van der Waals surface area contributed by atoms with Gasteiger partial charge in [0.05, 0.1) is 23.8 Å². The van der Waals surface area contributed by atoms with Crippen LogP contribution < -0.4 is 17.2 Å². The molecule has 2 aromatic heterocycles. The average molecular weight is 190 g/mol. The molecule has 0 aliphatic rings. The molecular weight excluding hydrogens is 180 g/mol. The van der Waals surface area contributed by atoms with Crippen LogP contribution in [0.3, 0.4) is 0 Å². The van der Waals surface area contributed by atoms with E-state index < -0.39 is 0 Å². The molecule has 0 spiro atoms. The van der Waals surface area contributed by atoms with Gasteiger partial charge in [0.1, 0.15) is 0 Å². The van der Waals surface area contributed by atoms with Gasteiger partial charge in [-0.3, -0.25) is 0 Å². The molecule has 0 atom stereocenters. The van der Waals surface area contributed by atoms with Crippen LogP contribution in [0.4, 0.5) is 17.2 Å². The van der Waals surface area contributed by atoms with Gasteiger partial charge in [-0.05, 0) is 12.1 Å². The van der Waals surface area contributed by atoms with Crippen LogP contribution in [0.5, 0.6) is 0 Å². The fourth-order valence-electron chi connectivity index (χ4n) is 1.08. The van der Waals surface area contributed by atoms with E-state index in [1.807, 2.05) is 0 Å². The van der Waals surface area contributed by atoms with Crippen LogP contribution in [0.25, 0.3) is 5.82 Å². The number of anilines is 3. The van der Waals surface area contributed by atoms with Gasteiger partial charge >= 0.3 is 0 Å². The molecule has 0 aromatic carbocycles. The van der Waals surface area contributed by atoms with E-state index in [2.05, 4.69) is 10.1 Å². The molecule has 0 aliphatic heterocycles. The first-order valence-corrected chi connectivity index (χ1v) is 3.99. The van der Waals surface area contributed by atoms with Crippen molar-refractivity contribution in [2.45, 2.75) is 0 Å². The van der Waals surface area contributed by atoms with Crippen molar-refractivity contribution in [3.05, 3.63) is 24.5 Å². The van der Waals surface area contributed by atoms with Gasteiger partial charge in [-0.2, -0.15) is 9.78 Å². The zero-order valence-corrected chi connectivity index (χ0v) is 7.38. The fourth-order valence-corrected chi connectivity index (χ4v) is 1.08. The Kier molecular flexibility index (Phi) is 1.74. The van der Waals surface area contributed by atoms with Gasteiger partial charge in [-0.15, -0.1) is 0 Å². The maximum Gasteiger partial charge on any atom is 0.155 e. The van der Waals surface area contributed by atoms with Crippen molar-refractivity contribution < 1.29 is 0 Å². The third-order valence-electron chi connectivity index (χ3n) is 1.82. The summed E-state index contributed by atoms with van der Waals surface area (Å²) in [6, 6.07) is 3.44. The van der Waals surface area contributed by atoms with Crippen molar-refractivity contribution in [2.75, 3.05) is 17.2 Å². The second-order valence-electron chi connectivity index (χ2n) is 2.85. The number of nitrogens with two attached hydrogens (primary N) is 3. The molecule has 72 valence electrons. The van der Waals surface area contributed by atoms with Crippen molar-refractivity contribution in [1.29, 1.82) is 0 Å². The topological polar surface area (TPSA) is 109 Å². The van der Waals surface area contributed by atoms with Gasteiger partial charge in [0.2, 0.25) is 0 Å². The van der Waals surface area contributed by atoms with E-state index in [1.165, 1.54) is 17.1 Å². The predicted molar refractivity (Wildman–Crippen MR) is 54.6 cm³/mol. The van der Waals surface area contributed by atoms with Crippen molar-refractivity contribution in [2.24, 2.45) is 0 Å². The Labute approximate surface area is 80.3 Å². The van der Waals surface area contributed by atoms with Crippen LogP contribution in [0.1, 0.15) is 0 Å². The van der Waals surface area contributed by atoms with E-state index in [9.17, 15) is 0 Å². The summed E-state index contributed by atoms with van der Waals surface area (Å²) in [6.45, 7) is 0. The highest BCUT2D eigenvalue weighted by Gasteiger charge is 2.06. The van der Waals surface area contributed by atoms with Crippen LogP contribution in [-0.4, -0.2) is 14.8 Å². The van der Waals surface area contributed by atoms with Crippen LogP contribution in [0, 0.1) is 0 Å². The monoisotopic (exact) mass is 190 g/mol. The first-order chi connectivity index (χ1) is 6.68. The molecule has 0 aliphatic carbocycles. The van der Waals surface area contributed by atoms with Crippen molar-refractivity contribution in [3.63, 3.8) is 0 Å². The Morgan fingerprint density at radius 3 is 2.36 bits per heavy atom. The quantitative estimate of drug-likeness (QED) is 0.587. The fraction of sp³-hybridized carbons (Fsp3) is 0. The van der Waals surface area contributed by atoms with Crippen LogP contribution >= 0.6 is 0 Å². The third kappa shape index (κ3) is 1.22. The van der Waals surface area contributed by atoms with E-state index >= 15 is 0 Å². The normalized spacial score (nSPS) is 10.3. The van der Waals surface area contributed by atoms with E-state index in [4.69, 9.17) is 17.2 Å². The number of nitrogens with zero attached hydrogens (tertiary/aromatic N) is 3. The molecular formula is C8H10N6. The smallest absolute Gasteiger partial charge is 0.155 e. The van der Waals surface area contributed by atoms with E-state index in [0.29, 0.717) is 23.0 Å².